The highest BCUT2D eigenvalue weighted by Gasteiger charge is 2.20. The molecule has 0 aliphatic carbocycles. The van der Waals surface area contributed by atoms with Gasteiger partial charge in [0.15, 0.2) is 11.6 Å². The van der Waals surface area contributed by atoms with Crippen molar-refractivity contribution in [3.05, 3.63) is 76.3 Å². The lowest BCUT2D eigenvalue weighted by Crippen LogP contribution is -2.25. The molecule has 3 aromatic rings. The summed E-state index contributed by atoms with van der Waals surface area (Å²) in [5, 5.41) is 11.3. The zero-order valence-corrected chi connectivity index (χ0v) is 16.0. The Labute approximate surface area is 166 Å². The Balaban J connectivity index is 2.07. The number of amides is 1. The predicted octanol–water partition coefficient (Wildman–Crippen LogP) is 3.32. The molecule has 0 aliphatic rings. The summed E-state index contributed by atoms with van der Waals surface area (Å²) in [7, 11) is 0. The summed E-state index contributed by atoms with van der Waals surface area (Å²) in [6.07, 6.45) is 0. The number of hydrogen-bond donors (Lipinski definition) is 1. The Hall–Kier alpha value is -2.70. The molecular weight excluding hydrogens is 387 g/mol. The van der Waals surface area contributed by atoms with Crippen molar-refractivity contribution in [3.8, 4) is 5.69 Å². The number of carbonyl (C=O) groups excluding carboxylic acids is 2. The molecule has 1 amide bonds. The van der Waals surface area contributed by atoms with E-state index in [4.69, 9.17) is 23.2 Å². The van der Waals surface area contributed by atoms with Crippen molar-refractivity contribution in [2.24, 2.45) is 0 Å². The summed E-state index contributed by atoms with van der Waals surface area (Å²) in [5.41, 5.74) is 1.55. The first-order valence-corrected chi connectivity index (χ1v) is 9.05. The second kappa shape index (κ2) is 8.33. The van der Waals surface area contributed by atoms with Crippen LogP contribution in [0.25, 0.3) is 5.69 Å². The summed E-state index contributed by atoms with van der Waals surface area (Å²) in [5.74, 6) is 0.425. The molecule has 0 radical (unpaired) electrons. The van der Waals surface area contributed by atoms with Crippen LogP contribution in [0.1, 0.15) is 27.6 Å². The molecule has 0 saturated heterocycles. The Morgan fingerprint density at radius 1 is 1.11 bits per heavy atom. The molecule has 1 N–H and O–H groups in total. The van der Waals surface area contributed by atoms with Crippen molar-refractivity contribution in [1.82, 2.24) is 20.1 Å². The molecule has 6 nitrogen and oxygen atoms in total. The third kappa shape index (κ3) is 4.18. The SMILES string of the molecule is Cc1nnc(CNC(=O)CCl)n1-c1ccc(Cl)cc1C(=O)c1ccccc1. The van der Waals surface area contributed by atoms with Crippen LogP contribution in [0, 0.1) is 6.92 Å². The van der Waals surface area contributed by atoms with E-state index in [0.29, 0.717) is 33.5 Å². The normalized spacial score (nSPS) is 10.6. The van der Waals surface area contributed by atoms with Crippen molar-refractivity contribution < 1.29 is 9.59 Å². The molecule has 0 spiro atoms. The first-order chi connectivity index (χ1) is 13.0. The maximum atomic E-state index is 13.0. The molecule has 27 heavy (non-hydrogen) atoms. The number of alkyl halides is 1. The van der Waals surface area contributed by atoms with Crippen LogP contribution in [0.3, 0.4) is 0 Å². The highest BCUT2D eigenvalue weighted by atomic mass is 35.5. The third-order valence-corrected chi connectivity index (χ3v) is 4.41. The summed E-state index contributed by atoms with van der Waals surface area (Å²) < 4.78 is 1.72. The lowest BCUT2D eigenvalue weighted by molar-refractivity contribution is -0.118. The fourth-order valence-corrected chi connectivity index (χ4v) is 2.96. The van der Waals surface area contributed by atoms with Gasteiger partial charge in [0.1, 0.15) is 11.7 Å². The topological polar surface area (TPSA) is 76.9 Å². The monoisotopic (exact) mass is 402 g/mol. The fourth-order valence-electron chi connectivity index (χ4n) is 2.69. The molecular formula is C19H16Cl2N4O2. The molecule has 0 aliphatic heterocycles. The Morgan fingerprint density at radius 3 is 2.56 bits per heavy atom. The van der Waals surface area contributed by atoms with Gasteiger partial charge in [0.05, 0.1) is 12.2 Å². The number of aromatic nitrogens is 3. The second-order valence-electron chi connectivity index (χ2n) is 5.77. The first kappa shape index (κ1) is 19.1. The van der Waals surface area contributed by atoms with E-state index in [9.17, 15) is 9.59 Å². The van der Waals surface area contributed by atoms with Crippen LogP contribution in [0.2, 0.25) is 5.02 Å². The summed E-state index contributed by atoms with van der Waals surface area (Å²) >= 11 is 11.7. The van der Waals surface area contributed by atoms with E-state index in [-0.39, 0.29) is 24.1 Å². The van der Waals surface area contributed by atoms with Gasteiger partial charge in [0.25, 0.3) is 0 Å². The van der Waals surface area contributed by atoms with E-state index in [2.05, 4.69) is 15.5 Å². The van der Waals surface area contributed by atoms with E-state index in [1.807, 2.05) is 6.07 Å². The van der Waals surface area contributed by atoms with Gasteiger partial charge >= 0.3 is 0 Å². The maximum absolute atomic E-state index is 13.0. The van der Waals surface area contributed by atoms with Gasteiger partial charge in [-0.3, -0.25) is 14.2 Å². The fraction of sp³-hybridized carbons (Fsp3) is 0.158. The molecule has 8 heteroatoms. The molecule has 1 heterocycles. The van der Waals surface area contributed by atoms with E-state index >= 15 is 0 Å². The number of carbonyl (C=O) groups is 2. The quantitative estimate of drug-likeness (QED) is 0.506. The van der Waals surface area contributed by atoms with E-state index < -0.39 is 0 Å². The molecule has 0 atom stereocenters. The Bertz CT molecular complexity index is 987. The first-order valence-electron chi connectivity index (χ1n) is 8.14. The Kier molecular flexibility index (Phi) is 5.88. The standard InChI is InChI=1S/C19H16Cl2N4O2/c1-12-23-24-17(11-22-18(26)10-20)25(12)16-8-7-14(21)9-15(16)19(27)13-5-3-2-4-6-13/h2-9H,10-11H2,1H3,(H,22,26). The Morgan fingerprint density at radius 2 is 1.85 bits per heavy atom. The largest absolute Gasteiger partial charge is 0.348 e. The van der Waals surface area contributed by atoms with Gasteiger partial charge in [0, 0.05) is 16.1 Å². The molecule has 138 valence electrons. The van der Waals surface area contributed by atoms with Gasteiger partial charge in [-0.05, 0) is 25.1 Å². The average molecular weight is 403 g/mol. The van der Waals surface area contributed by atoms with Gasteiger partial charge in [-0.1, -0.05) is 41.9 Å². The van der Waals surface area contributed by atoms with Crippen molar-refractivity contribution in [2.75, 3.05) is 5.88 Å². The average Bonchev–Trinajstić information content (AvgIpc) is 3.06. The molecule has 2 aromatic carbocycles. The van der Waals surface area contributed by atoms with Crippen molar-refractivity contribution in [2.45, 2.75) is 13.5 Å². The molecule has 3 rings (SSSR count). The molecule has 0 saturated carbocycles. The van der Waals surface area contributed by atoms with Gasteiger partial charge in [0.2, 0.25) is 5.91 Å². The minimum atomic E-state index is -0.319. The number of benzene rings is 2. The maximum Gasteiger partial charge on any atom is 0.235 e. The number of rotatable bonds is 6. The smallest absolute Gasteiger partial charge is 0.235 e. The minimum absolute atomic E-state index is 0.133. The number of halogens is 2. The van der Waals surface area contributed by atoms with Crippen LogP contribution in [-0.4, -0.2) is 32.3 Å². The van der Waals surface area contributed by atoms with Crippen LogP contribution in [0.5, 0.6) is 0 Å². The minimum Gasteiger partial charge on any atom is -0.348 e. The van der Waals surface area contributed by atoms with Gasteiger partial charge < -0.3 is 5.32 Å². The zero-order valence-electron chi connectivity index (χ0n) is 14.4. The van der Waals surface area contributed by atoms with Crippen molar-refractivity contribution in [3.63, 3.8) is 0 Å². The molecule has 0 fully saturated rings. The lowest BCUT2D eigenvalue weighted by atomic mass is 10.0. The summed E-state index contributed by atoms with van der Waals surface area (Å²) in [6.45, 7) is 1.90. The van der Waals surface area contributed by atoms with Crippen LogP contribution >= 0.6 is 23.2 Å². The van der Waals surface area contributed by atoms with Gasteiger partial charge in [-0.25, -0.2) is 0 Å². The number of nitrogens with one attached hydrogen (secondary N) is 1. The van der Waals surface area contributed by atoms with Crippen LogP contribution in [-0.2, 0) is 11.3 Å². The zero-order chi connectivity index (χ0) is 19.4. The van der Waals surface area contributed by atoms with E-state index in [1.165, 1.54) is 0 Å². The van der Waals surface area contributed by atoms with Gasteiger partial charge in [-0.15, -0.1) is 21.8 Å². The van der Waals surface area contributed by atoms with Crippen LogP contribution in [0.4, 0.5) is 0 Å². The summed E-state index contributed by atoms with van der Waals surface area (Å²) in [4.78, 5) is 24.5. The summed E-state index contributed by atoms with van der Waals surface area (Å²) in [6, 6.07) is 14.0. The highest BCUT2D eigenvalue weighted by Crippen LogP contribution is 2.24. The number of aryl methyl sites for hydroxylation is 1. The van der Waals surface area contributed by atoms with Crippen LogP contribution in [0.15, 0.2) is 48.5 Å². The number of nitrogens with zero attached hydrogens (tertiary/aromatic N) is 3. The van der Waals surface area contributed by atoms with Crippen LogP contribution < -0.4 is 5.32 Å². The molecule has 0 unspecified atom stereocenters. The van der Waals surface area contributed by atoms with Crippen molar-refractivity contribution in [1.29, 1.82) is 0 Å². The van der Waals surface area contributed by atoms with Gasteiger partial charge in [-0.2, -0.15) is 0 Å². The van der Waals surface area contributed by atoms with E-state index in [1.54, 1.807) is 54.0 Å². The third-order valence-electron chi connectivity index (χ3n) is 3.94. The molecule has 0 bridgehead atoms. The van der Waals surface area contributed by atoms with E-state index in [0.717, 1.165) is 0 Å². The number of hydrogen-bond acceptors (Lipinski definition) is 4. The second-order valence-corrected chi connectivity index (χ2v) is 6.47. The highest BCUT2D eigenvalue weighted by molar-refractivity contribution is 6.31. The molecule has 1 aromatic heterocycles. The number of ketones is 1. The predicted molar refractivity (Wildman–Crippen MR) is 104 cm³/mol. The van der Waals surface area contributed by atoms with Crippen molar-refractivity contribution >= 4 is 34.9 Å². The lowest BCUT2D eigenvalue weighted by Gasteiger charge is -2.14.